The third-order valence-electron chi connectivity index (χ3n) is 2.15. The van der Waals surface area contributed by atoms with Crippen molar-refractivity contribution in [3.63, 3.8) is 0 Å². The molecule has 0 bridgehead atoms. The van der Waals surface area contributed by atoms with Crippen LogP contribution in [0.2, 0.25) is 0 Å². The van der Waals surface area contributed by atoms with Crippen LogP contribution in [0, 0.1) is 5.41 Å². The van der Waals surface area contributed by atoms with Crippen LogP contribution in [-0.4, -0.2) is 25.8 Å². The molecule has 0 saturated carbocycles. The molecule has 0 aromatic heterocycles. The van der Waals surface area contributed by atoms with Gasteiger partial charge in [-0.05, 0) is 6.42 Å². The largest absolute Gasteiger partial charge is 0.465 e. The van der Waals surface area contributed by atoms with Crippen LogP contribution in [0.3, 0.4) is 0 Å². The Balaban J connectivity index is 2.27. The van der Waals surface area contributed by atoms with E-state index in [0.717, 1.165) is 19.6 Å². The number of carbonyl (C=O) groups excluding carboxylic acids is 1. The molecule has 3 heteroatoms. The Labute approximate surface area is 66.7 Å². The number of hydrogen-bond acceptors (Lipinski definition) is 3. The van der Waals surface area contributed by atoms with Gasteiger partial charge >= 0.3 is 5.97 Å². The lowest BCUT2D eigenvalue weighted by atomic mass is 9.84. The van der Waals surface area contributed by atoms with Crippen molar-refractivity contribution in [3.05, 3.63) is 0 Å². The standard InChI is InChI=1S/C8H14O3/c1-3-8(4-10-5-8)6-11-7(2)9/h3-6H2,1-2H3. The van der Waals surface area contributed by atoms with E-state index >= 15 is 0 Å². The minimum atomic E-state index is -0.204. The van der Waals surface area contributed by atoms with Crippen LogP contribution in [0.5, 0.6) is 0 Å². The fourth-order valence-corrected chi connectivity index (χ4v) is 1.03. The fourth-order valence-electron chi connectivity index (χ4n) is 1.03. The van der Waals surface area contributed by atoms with Gasteiger partial charge in [0.25, 0.3) is 0 Å². The molecule has 0 atom stereocenters. The first-order valence-electron chi connectivity index (χ1n) is 3.90. The molecule has 0 aromatic carbocycles. The SMILES string of the molecule is CCC1(COC(C)=O)COC1. The van der Waals surface area contributed by atoms with Gasteiger partial charge in [0.15, 0.2) is 0 Å². The molecule has 3 nitrogen and oxygen atoms in total. The van der Waals surface area contributed by atoms with Gasteiger partial charge in [-0.1, -0.05) is 6.92 Å². The molecule has 0 N–H and O–H groups in total. The Kier molecular flexibility index (Phi) is 2.49. The lowest BCUT2D eigenvalue weighted by Gasteiger charge is -2.39. The average molecular weight is 158 g/mol. The Morgan fingerprint density at radius 2 is 2.27 bits per heavy atom. The molecule has 64 valence electrons. The highest BCUT2D eigenvalue weighted by Crippen LogP contribution is 2.31. The van der Waals surface area contributed by atoms with Gasteiger partial charge in [-0.25, -0.2) is 0 Å². The topological polar surface area (TPSA) is 35.5 Å². The number of ether oxygens (including phenoxy) is 2. The molecular weight excluding hydrogens is 144 g/mol. The molecule has 1 aliphatic heterocycles. The molecule has 0 radical (unpaired) electrons. The highest BCUT2D eigenvalue weighted by molar-refractivity contribution is 5.65. The maximum Gasteiger partial charge on any atom is 0.302 e. The average Bonchev–Trinajstić information content (AvgIpc) is 1.86. The van der Waals surface area contributed by atoms with Crippen molar-refractivity contribution >= 4 is 5.97 Å². The van der Waals surface area contributed by atoms with Crippen molar-refractivity contribution in [1.29, 1.82) is 0 Å². The van der Waals surface area contributed by atoms with Crippen molar-refractivity contribution in [2.45, 2.75) is 20.3 Å². The lowest BCUT2D eigenvalue weighted by molar-refractivity contribution is -0.168. The monoisotopic (exact) mass is 158 g/mol. The maximum absolute atomic E-state index is 10.5. The highest BCUT2D eigenvalue weighted by Gasteiger charge is 2.37. The highest BCUT2D eigenvalue weighted by atomic mass is 16.5. The van der Waals surface area contributed by atoms with Crippen LogP contribution < -0.4 is 0 Å². The minimum absolute atomic E-state index is 0.131. The molecule has 11 heavy (non-hydrogen) atoms. The zero-order valence-corrected chi connectivity index (χ0v) is 7.05. The molecular formula is C8H14O3. The van der Waals surface area contributed by atoms with Crippen LogP contribution in [0.15, 0.2) is 0 Å². The van der Waals surface area contributed by atoms with Gasteiger partial charge in [0.1, 0.15) is 6.61 Å². The molecule has 0 unspecified atom stereocenters. The van der Waals surface area contributed by atoms with Gasteiger partial charge < -0.3 is 9.47 Å². The summed E-state index contributed by atoms with van der Waals surface area (Å²) >= 11 is 0. The number of rotatable bonds is 3. The molecule has 0 aliphatic carbocycles. The quantitative estimate of drug-likeness (QED) is 0.574. The van der Waals surface area contributed by atoms with E-state index in [9.17, 15) is 4.79 Å². The first kappa shape index (κ1) is 8.53. The number of hydrogen-bond donors (Lipinski definition) is 0. The second-order valence-corrected chi connectivity index (χ2v) is 3.13. The molecule has 0 aromatic rings. The van der Waals surface area contributed by atoms with E-state index in [1.807, 2.05) is 0 Å². The van der Waals surface area contributed by atoms with Crippen molar-refractivity contribution in [3.8, 4) is 0 Å². The molecule has 1 heterocycles. The van der Waals surface area contributed by atoms with Gasteiger partial charge in [-0.2, -0.15) is 0 Å². The Hall–Kier alpha value is -0.570. The summed E-state index contributed by atoms with van der Waals surface area (Å²) in [5.41, 5.74) is 0.131. The second kappa shape index (κ2) is 3.22. The van der Waals surface area contributed by atoms with Gasteiger partial charge in [0, 0.05) is 6.92 Å². The molecule has 1 fully saturated rings. The molecule has 0 amide bonds. The van der Waals surface area contributed by atoms with E-state index in [4.69, 9.17) is 9.47 Å². The Bertz CT molecular complexity index is 144. The third kappa shape index (κ3) is 1.93. The number of esters is 1. The van der Waals surface area contributed by atoms with Gasteiger partial charge in [-0.15, -0.1) is 0 Å². The zero-order chi connectivity index (χ0) is 8.32. The van der Waals surface area contributed by atoms with Crippen molar-refractivity contribution in [1.82, 2.24) is 0 Å². The van der Waals surface area contributed by atoms with Crippen LogP contribution in [0.25, 0.3) is 0 Å². The summed E-state index contributed by atoms with van der Waals surface area (Å²) in [6.45, 7) is 5.50. The summed E-state index contributed by atoms with van der Waals surface area (Å²) in [4.78, 5) is 10.5. The van der Waals surface area contributed by atoms with Crippen molar-refractivity contribution in [2.24, 2.45) is 5.41 Å². The Morgan fingerprint density at radius 1 is 1.64 bits per heavy atom. The Morgan fingerprint density at radius 3 is 2.55 bits per heavy atom. The minimum Gasteiger partial charge on any atom is -0.465 e. The van der Waals surface area contributed by atoms with Crippen molar-refractivity contribution < 1.29 is 14.3 Å². The number of carbonyl (C=O) groups is 1. The summed E-state index contributed by atoms with van der Waals surface area (Å²) in [5, 5.41) is 0. The van der Waals surface area contributed by atoms with E-state index in [-0.39, 0.29) is 11.4 Å². The van der Waals surface area contributed by atoms with Gasteiger partial charge in [-0.3, -0.25) is 4.79 Å². The maximum atomic E-state index is 10.5. The first-order chi connectivity index (χ1) is 5.18. The summed E-state index contributed by atoms with van der Waals surface area (Å²) in [5.74, 6) is -0.204. The summed E-state index contributed by atoms with van der Waals surface area (Å²) in [6.07, 6.45) is 1.01. The van der Waals surface area contributed by atoms with E-state index in [2.05, 4.69) is 6.92 Å². The zero-order valence-electron chi connectivity index (χ0n) is 7.05. The molecule has 1 saturated heterocycles. The van der Waals surface area contributed by atoms with Gasteiger partial charge in [0.2, 0.25) is 0 Å². The smallest absolute Gasteiger partial charge is 0.302 e. The second-order valence-electron chi connectivity index (χ2n) is 3.13. The lowest BCUT2D eigenvalue weighted by Crippen LogP contribution is -2.46. The van der Waals surface area contributed by atoms with Crippen LogP contribution in [0.1, 0.15) is 20.3 Å². The molecule has 1 aliphatic rings. The summed E-state index contributed by atoms with van der Waals surface area (Å²) in [7, 11) is 0. The third-order valence-corrected chi connectivity index (χ3v) is 2.15. The van der Waals surface area contributed by atoms with E-state index in [0.29, 0.717) is 6.61 Å². The summed E-state index contributed by atoms with van der Waals surface area (Å²) in [6, 6.07) is 0. The summed E-state index contributed by atoms with van der Waals surface area (Å²) < 4.78 is 9.99. The van der Waals surface area contributed by atoms with Crippen LogP contribution in [0.4, 0.5) is 0 Å². The fraction of sp³-hybridized carbons (Fsp3) is 0.875. The van der Waals surface area contributed by atoms with E-state index in [1.165, 1.54) is 6.92 Å². The molecule has 1 rings (SSSR count). The normalized spacial score (nSPS) is 20.5. The predicted octanol–water partition coefficient (Wildman–Crippen LogP) is 0.976. The first-order valence-corrected chi connectivity index (χ1v) is 3.90. The van der Waals surface area contributed by atoms with Gasteiger partial charge in [0.05, 0.1) is 18.6 Å². The van der Waals surface area contributed by atoms with E-state index < -0.39 is 0 Å². The van der Waals surface area contributed by atoms with Crippen LogP contribution in [-0.2, 0) is 14.3 Å². The van der Waals surface area contributed by atoms with Crippen molar-refractivity contribution in [2.75, 3.05) is 19.8 Å². The molecule has 0 spiro atoms. The van der Waals surface area contributed by atoms with Crippen LogP contribution >= 0.6 is 0 Å². The van der Waals surface area contributed by atoms with E-state index in [1.54, 1.807) is 0 Å². The predicted molar refractivity (Wildman–Crippen MR) is 40.2 cm³/mol.